The fraction of sp³-hybridized carbons (Fsp3) is 0.235. The van der Waals surface area contributed by atoms with Crippen LogP contribution in [0.3, 0.4) is 0 Å². The van der Waals surface area contributed by atoms with Gasteiger partial charge in [-0.3, -0.25) is 4.79 Å². The molecule has 0 bridgehead atoms. The number of nitrogens with one attached hydrogen (secondary N) is 1. The lowest BCUT2D eigenvalue weighted by Gasteiger charge is -2.12. The molecule has 6 nitrogen and oxygen atoms in total. The number of hydrogen-bond donors (Lipinski definition) is 1. The van der Waals surface area contributed by atoms with Gasteiger partial charge in [-0.1, -0.05) is 23.4 Å². The van der Waals surface area contributed by atoms with Crippen LogP contribution in [0.25, 0.3) is 11.4 Å². The summed E-state index contributed by atoms with van der Waals surface area (Å²) in [5.41, 5.74) is 1.21. The number of anilines is 1. The highest BCUT2D eigenvalue weighted by molar-refractivity contribution is 8.00. The number of nitrogens with zero attached hydrogens (tertiary/aromatic N) is 3. The van der Waals surface area contributed by atoms with E-state index in [0.717, 1.165) is 17.4 Å². The highest BCUT2D eigenvalue weighted by Gasteiger charge is 2.21. The van der Waals surface area contributed by atoms with Gasteiger partial charge in [0.25, 0.3) is 0 Å². The first-order chi connectivity index (χ1) is 12.4. The molecule has 0 fully saturated rings. The Labute approximate surface area is 158 Å². The van der Waals surface area contributed by atoms with E-state index < -0.39 is 11.1 Å². The zero-order valence-electron chi connectivity index (χ0n) is 14.3. The van der Waals surface area contributed by atoms with Crippen LogP contribution < -0.4 is 5.32 Å². The lowest BCUT2D eigenvalue weighted by molar-refractivity contribution is -0.115. The van der Waals surface area contributed by atoms with Crippen molar-refractivity contribution in [1.82, 2.24) is 14.8 Å². The van der Waals surface area contributed by atoms with Crippen molar-refractivity contribution in [3.63, 3.8) is 0 Å². The van der Waals surface area contributed by atoms with Crippen LogP contribution in [0.4, 0.5) is 10.1 Å². The van der Waals surface area contributed by atoms with E-state index in [1.54, 1.807) is 17.8 Å². The average Bonchev–Trinajstić information content (AvgIpc) is 3.16. The summed E-state index contributed by atoms with van der Waals surface area (Å²) in [6.07, 6.45) is 1.59. The van der Waals surface area contributed by atoms with Gasteiger partial charge in [0.15, 0.2) is 11.0 Å². The average molecular weight is 395 g/mol. The molecule has 1 unspecified atom stereocenters. The highest BCUT2D eigenvalue weighted by atomic mass is 35.5. The molecule has 2 aromatic heterocycles. The molecule has 1 amide bonds. The number of aryl methyl sites for hydroxylation is 1. The third-order valence-electron chi connectivity index (χ3n) is 3.78. The topological polar surface area (TPSA) is 72.9 Å². The molecule has 0 saturated heterocycles. The Morgan fingerprint density at radius 2 is 2.15 bits per heavy atom. The van der Waals surface area contributed by atoms with Gasteiger partial charge in [0.05, 0.1) is 27.8 Å². The van der Waals surface area contributed by atoms with Crippen molar-refractivity contribution >= 4 is 35.0 Å². The molecule has 26 heavy (non-hydrogen) atoms. The molecule has 2 heterocycles. The van der Waals surface area contributed by atoms with E-state index in [1.807, 2.05) is 20.0 Å². The van der Waals surface area contributed by atoms with Crippen LogP contribution in [0, 0.1) is 12.7 Å². The van der Waals surface area contributed by atoms with E-state index in [-0.39, 0.29) is 10.9 Å². The van der Waals surface area contributed by atoms with Crippen LogP contribution in [0.5, 0.6) is 0 Å². The number of benzene rings is 1. The number of furan rings is 1. The molecule has 0 aliphatic rings. The van der Waals surface area contributed by atoms with Crippen molar-refractivity contribution in [1.29, 1.82) is 0 Å². The lowest BCUT2D eigenvalue weighted by Crippen LogP contribution is -2.23. The Balaban J connectivity index is 1.72. The first kappa shape index (κ1) is 18.5. The SMILES string of the molecule is Cc1occc1-c1nnc(SC(C)C(=O)Nc2ccc(F)cc2Cl)n1C. The highest BCUT2D eigenvalue weighted by Crippen LogP contribution is 2.29. The standard InChI is InChI=1S/C17H16ClFN4O2S/c1-9-12(6-7-25-9)15-21-22-17(23(15)3)26-10(2)16(24)20-14-5-4-11(19)8-13(14)18/h4-8,10H,1-3H3,(H,20,24). The van der Waals surface area contributed by atoms with Gasteiger partial charge in [0, 0.05) is 7.05 Å². The summed E-state index contributed by atoms with van der Waals surface area (Å²) in [6, 6.07) is 5.63. The van der Waals surface area contributed by atoms with Crippen LogP contribution >= 0.6 is 23.4 Å². The van der Waals surface area contributed by atoms with Gasteiger partial charge >= 0.3 is 0 Å². The number of carbonyl (C=O) groups excluding carboxylic acids is 1. The lowest BCUT2D eigenvalue weighted by atomic mass is 10.2. The van der Waals surface area contributed by atoms with Crippen LogP contribution in [-0.2, 0) is 11.8 Å². The van der Waals surface area contributed by atoms with E-state index in [2.05, 4.69) is 15.5 Å². The zero-order valence-corrected chi connectivity index (χ0v) is 15.9. The van der Waals surface area contributed by atoms with Crippen molar-refractivity contribution in [2.45, 2.75) is 24.3 Å². The number of aromatic nitrogens is 3. The molecule has 1 atom stereocenters. The molecule has 9 heteroatoms. The molecule has 136 valence electrons. The molecule has 0 spiro atoms. The summed E-state index contributed by atoms with van der Waals surface area (Å²) in [4.78, 5) is 12.4. The molecule has 0 aliphatic carbocycles. The van der Waals surface area contributed by atoms with Gasteiger partial charge < -0.3 is 14.3 Å². The summed E-state index contributed by atoms with van der Waals surface area (Å²) in [6.45, 7) is 3.59. The fourth-order valence-electron chi connectivity index (χ4n) is 2.31. The van der Waals surface area contributed by atoms with Crippen LogP contribution in [0.2, 0.25) is 5.02 Å². The number of thioether (sulfide) groups is 1. The number of hydrogen-bond acceptors (Lipinski definition) is 5. The predicted octanol–water partition coefficient (Wildman–Crippen LogP) is 4.30. The van der Waals surface area contributed by atoms with Gasteiger partial charge in [-0.05, 0) is 38.1 Å². The number of amides is 1. The summed E-state index contributed by atoms with van der Waals surface area (Å²) in [5.74, 6) is 0.672. The Hall–Kier alpha value is -2.32. The molecular weight excluding hydrogens is 379 g/mol. The van der Waals surface area contributed by atoms with E-state index in [0.29, 0.717) is 16.7 Å². The van der Waals surface area contributed by atoms with Crippen molar-refractivity contribution < 1.29 is 13.6 Å². The summed E-state index contributed by atoms with van der Waals surface area (Å²) in [5, 5.41) is 11.3. The van der Waals surface area contributed by atoms with Gasteiger partial charge in [0.2, 0.25) is 5.91 Å². The summed E-state index contributed by atoms with van der Waals surface area (Å²) >= 11 is 7.20. The maximum absolute atomic E-state index is 13.1. The number of rotatable bonds is 5. The normalized spacial score (nSPS) is 12.2. The second-order valence-electron chi connectivity index (χ2n) is 5.63. The van der Waals surface area contributed by atoms with E-state index in [9.17, 15) is 9.18 Å². The second kappa shape index (κ2) is 7.51. The van der Waals surface area contributed by atoms with Crippen LogP contribution in [-0.4, -0.2) is 25.9 Å². The smallest absolute Gasteiger partial charge is 0.237 e. The minimum absolute atomic E-state index is 0.145. The van der Waals surface area contributed by atoms with Crippen molar-refractivity contribution in [2.75, 3.05) is 5.32 Å². The summed E-state index contributed by atoms with van der Waals surface area (Å²) in [7, 11) is 1.82. The van der Waals surface area contributed by atoms with E-state index >= 15 is 0 Å². The first-order valence-corrected chi connectivity index (χ1v) is 8.99. The maximum Gasteiger partial charge on any atom is 0.237 e. The monoisotopic (exact) mass is 394 g/mol. The minimum atomic E-state index is -0.462. The van der Waals surface area contributed by atoms with Gasteiger partial charge in [-0.15, -0.1) is 10.2 Å². The molecular formula is C17H16ClFN4O2S. The molecule has 3 aromatic rings. The van der Waals surface area contributed by atoms with E-state index in [4.69, 9.17) is 16.0 Å². The molecule has 3 rings (SSSR count). The minimum Gasteiger partial charge on any atom is -0.469 e. The number of carbonyl (C=O) groups is 1. The van der Waals surface area contributed by atoms with Crippen molar-refractivity contribution in [3.05, 3.63) is 47.1 Å². The Morgan fingerprint density at radius 3 is 2.81 bits per heavy atom. The molecule has 0 aliphatic heterocycles. The Kier molecular flexibility index (Phi) is 5.33. The molecule has 1 aromatic carbocycles. The second-order valence-corrected chi connectivity index (χ2v) is 7.34. The van der Waals surface area contributed by atoms with Gasteiger partial charge in [0.1, 0.15) is 11.6 Å². The third-order valence-corrected chi connectivity index (χ3v) is 5.22. The van der Waals surface area contributed by atoms with E-state index in [1.165, 1.54) is 23.9 Å². The maximum atomic E-state index is 13.1. The van der Waals surface area contributed by atoms with Gasteiger partial charge in [-0.25, -0.2) is 4.39 Å². The number of halogens is 2. The quantitative estimate of drug-likeness (QED) is 0.653. The van der Waals surface area contributed by atoms with Gasteiger partial charge in [-0.2, -0.15) is 0 Å². The first-order valence-electron chi connectivity index (χ1n) is 7.73. The predicted molar refractivity (Wildman–Crippen MR) is 98.8 cm³/mol. The zero-order chi connectivity index (χ0) is 18.8. The molecule has 0 saturated carbocycles. The Bertz CT molecular complexity index is 956. The van der Waals surface area contributed by atoms with Crippen molar-refractivity contribution in [2.24, 2.45) is 7.05 Å². The van der Waals surface area contributed by atoms with Crippen LogP contribution in [0.15, 0.2) is 40.1 Å². The van der Waals surface area contributed by atoms with Crippen molar-refractivity contribution in [3.8, 4) is 11.4 Å². The molecule has 0 radical (unpaired) electrons. The largest absolute Gasteiger partial charge is 0.469 e. The third kappa shape index (κ3) is 3.76. The Morgan fingerprint density at radius 1 is 1.38 bits per heavy atom. The van der Waals surface area contributed by atoms with Crippen LogP contribution in [0.1, 0.15) is 12.7 Å². The fourth-order valence-corrected chi connectivity index (χ4v) is 3.34. The molecule has 1 N–H and O–H groups in total. The summed E-state index contributed by atoms with van der Waals surface area (Å²) < 4.78 is 20.2.